The van der Waals surface area contributed by atoms with Crippen LogP contribution in [-0.2, 0) is 6.18 Å². The van der Waals surface area contributed by atoms with Gasteiger partial charge < -0.3 is 10.2 Å². The van der Waals surface area contributed by atoms with Gasteiger partial charge in [0.2, 0.25) is 0 Å². The number of rotatable bonds is 5. The van der Waals surface area contributed by atoms with E-state index in [1.807, 2.05) is 4.90 Å². The number of hydrogen-bond acceptors (Lipinski definition) is 4. The summed E-state index contributed by atoms with van der Waals surface area (Å²) >= 11 is 0. The number of nitrogens with zero attached hydrogens (tertiary/aromatic N) is 3. The maximum absolute atomic E-state index is 12.4. The van der Waals surface area contributed by atoms with Gasteiger partial charge in [0, 0.05) is 13.1 Å². The molecule has 118 valence electrons. The lowest BCUT2D eigenvalue weighted by Crippen LogP contribution is -2.38. The second-order valence-corrected chi connectivity index (χ2v) is 5.41. The normalized spacial score (nSPS) is 17.2. The highest BCUT2D eigenvalue weighted by atomic mass is 19.4. The monoisotopic (exact) mass is 302 g/mol. The van der Waals surface area contributed by atoms with Crippen LogP contribution in [0.5, 0.6) is 0 Å². The molecule has 1 N–H and O–H groups in total. The van der Waals surface area contributed by atoms with Crippen LogP contribution < -0.4 is 10.2 Å². The molecule has 0 atom stereocenters. The molecule has 0 unspecified atom stereocenters. The van der Waals surface area contributed by atoms with Gasteiger partial charge in [-0.05, 0) is 50.4 Å². The van der Waals surface area contributed by atoms with Crippen LogP contribution in [0.3, 0.4) is 0 Å². The number of piperidine rings is 1. The van der Waals surface area contributed by atoms with Gasteiger partial charge in [0.1, 0.15) is 0 Å². The van der Waals surface area contributed by atoms with Crippen molar-refractivity contribution in [3.05, 3.63) is 17.8 Å². The average Bonchev–Trinajstić information content (AvgIpc) is 2.48. The van der Waals surface area contributed by atoms with Crippen LogP contribution in [0.4, 0.5) is 19.0 Å². The van der Waals surface area contributed by atoms with Crippen molar-refractivity contribution in [3.8, 4) is 0 Å². The number of nitrogens with one attached hydrogen (secondary N) is 1. The summed E-state index contributed by atoms with van der Waals surface area (Å²) in [5, 5.41) is 10.4. The Labute approximate surface area is 122 Å². The molecule has 21 heavy (non-hydrogen) atoms. The molecule has 0 spiro atoms. The highest BCUT2D eigenvalue weighted by Gasteiger charge is 2.33. The Bertz CT molecular complexity index is 425. The van der Waals surface area contributed by atoms with E-state index in [0.29, 0.717) is 11.7 Å². The highest BCUT2D eigenvalue weighted by molar-refractivity contribution is 5.38. The van der Waals surface area contributed by atoms with E-state index < -0.39 is 11.9 Å². The van der Waals surface area contributed by atoms with Crippen molar-refractivity contribution >= 4 is 5.82 Å². The zero-order valence-corrected chi connectivity index (χ0v) is 12.2. The minimum atomic E-state index is -4.43. The van der Waals surface area contributed by atoms with Crippen molar-refractivity contribution in [2.45, 2.75) is 32.4 Å². The van der Waals surface area contributed by atoms with Gasteiger partial charge >= 0.3 is 6.18 Å². The molecule has 1 aromatic heterocycles. The first-order chi connectivity index (χ1) is 10.0. The molecule has 1 aromatic rings. The Morgan fingerprint density at radius 3 is 2.48 bits per heavy atom. The fourth-order valence-electron chi connectivity index (χ4n) is 2.49. The molecule has 0 aromatic carbocycles. The predicted octanol–water partition coefficient (Wildman–Crippen LogP) is 2.71. The Balaban J connectivity index is 1.85. The Morgan fingerprint density at radius 2 is 1.95 bits per heavy atom. The molecule has 1 fully saturated rings. The summed E-state index contributed by atoms with van der Waals surface area (Å²) in [7, 11) is 0. The fraction of sp³-hybridized carbons (Fsp3) is 0.714. The summed E-state index contributed by atoms with van der Waals surface area (Å²) in [6.45, 7) is 5.82. The molecular weight excluding hydrogens is 281 g/mol. The molecule has 0 saturated carbocycles. The lowest BCUT2D eigenvalue weighted by Gasteiger charge is -2.32. The van der Waals surface area contributed by atoms with Gasteiger partial charge in [0.25, 0.3) is 0 Å². The van der Waals surface area contributed by atoms with Crippen LogP contribution in [0.2, 0.25) is 0 Å². The lowest BCUT2D eigenvalue weighted by atomic mass is 9.97. The third-order valence-corrected chi connectivity index (χ3v) is 3.74. The molecular formula is C14H21F3N4. The van der Waals surface area contributed by atoms with E-state index >= 15 is 0 Å². The summed E-state index contributed by atoms with van der Waals surface area (Å²) in [6, 6.07) is 2.41. The number of aromatic nitrogens is 2. The van der Waals surface area contributed by atoms with Gasteiger partial charge in [-0.2, -0.15) is 13.2 Å². The Kier molecular flexibility index (Phi) is 5.39. The van der Waals surface area contributed by atoms with E-state index in [0.717, 1.165) is 51.5 Å². The van der Waals surface area contributed by atoms with Crippen LogP contribution in [0, 0.1) is 5.92 Å². The standard InChI is InChI=1S/C14H21F3N4/c1-2-7-18-10-11-5-8-21(9-6-11)13-4-3-12(19-20-13)14(15,16)17/h3-4,11,18H,2,5-10H2,1H3. The number of alkyl halides is 3. The predicted molar refractivity (Wildman–Crippen MR) is 75.1 cm³/mol. The molecule has 4 nitrogen and oxygen atoms in total. The van der Waals surface area contributed by atoms with Crippen LogP contribution >= 0.6 is 0 Å². The fourth-order valence-corrected chi connectivity index (χ4v) is 2.49. The van der Waals surface area contributed by atoms with E-state index in [-0.39, 0.29) is 0 Å². The van der Waals surface area contributed by atoms with E-state index in [4.69, 9.17) is 0 Å². The van der Waals surface area contributed by atoms with Gasteiger partial charge in [-0.1, -0.05) is 6.92 Å². The highest BCUT2D eigenvalue weighted by Crippen LogP contribution is 2.28. The third-order valence-electron chi connectivity index (χ3n) is 3.74. The summed E-state index contributed by atoms with van der Waals surface area (Å²) in [5.74, 6) is 1.16. The maximum atomic E-state index is 12.4. The van der Waals surface area contributed by atoms with Crippen molar-refractivity contribution in [2.24, 2.45) is 5.92 Å². The molecule has 0 bridgehead atoms. The SMILES string of the molecule is CCCNCC1CCN(c2ccc(C(F)(F)F)nn2)CC1. The minimum Gasteiger partial charge on any atom is -0.355 e. The van der Waals surface area contributed by atoms with Crippen LogP contribution in [0.15, 0.2) is 12.1 Å². The molecule has 1 aliphatic heterocycles. The average molecular weight is 302 g/mol. The summed E-state index contributed by atoms with van der Waals surface area (Å²) in [4.78, 5) is 2.00. The largest absolute Gasteiger partial charge is 0.435 e. The van der Waals surface area contributed by atoms with E-state index in [9.17, 15) is 13.2 Å². The summed E-state index contributed by atoms with van der Waals surface area (Å²) in [5.41, 5.74) is -0.940. The Morgan fingerprint density at radius 1 is 1.24 bits per heavy atom. The van der Waals surface area contributed by atoms with E-state index in [1.54, 1.807) is 0 Å². The van der Waals surface area contributed by atoms with Crippen molar-refractivity contribution < 1.29 is 13.2 Å². The second-order valence-electron chi connectivity index (χ2n) is 5.41. The van der Waals surface area contributed by atoms with Gasteiger partial charge in [-0.25, -0.2) is 0 Å². The number of anilines is 1. The van der Waals surface area contributed by atoms with Gasteiger partial charge in [-0.3, -0.25) is 0 Å². The molecule has 1 saturated heterocycles. The Hall–Kier alpha value is -1.37. The molecule has 2 heterocycles. The molecule has 0 radical (unpaired) electrons. The zero-order valence-electron chi connectivity index (χ0n) is 12.2. The zero-order chi connectivity index (χ0) is 15.3. The molecule has 0 amide bonds. The van der Waals surface area contributed by atoms with Gasteiger partial charge in [0.15, 0.2) is 11.5 Å². The second kappa shape index (κ2) is 7.06. The third kappa shape index (κ3) is 4.56. The molecule has 7 heteroatoms. The van der Waals surface area contributed by atoms with Crippen molar-refractivity contribution in [3.63, 3.8) is 0 Å². The minimum absolute atomic E-state index is 0.531. The molecule has 2 rings (SSSR count). The summed E-state index contributed by atoms with van der Waals surface area (Å²) in [6.07, 6.45) is -1.25. The lowest BCUT2D eigenvalue weighted by molar-refractivity contribution is -0.141. The number of halogens is 3. The maximum Gasteiger partial charge on any atom is 0.435 e. The van der Waals surface area contributed by atoms with Crippen LogP contribution in [0.25, 0.3) is 0 Å². The molecule has 1 aliphatic rings. The first-order valence-corrected chi connectivity index (χ1v) is 7.37. The van der Waals surface area contributed by atoms with Crippen LogP contribution in [-0.4, -0.2) is 36.4 Å². The smallest absolute Gasteiger partial charge is 0.355 e. The van der Waals surface area contributed by atoms with Crippen LogP contribution in [0.1, 0.15) is 31.9 Å². The van der Waals surface area contributed by atoms with E-state index in [2.05, 4.69) is 22.4 Å². The van der Waals surface area contributed by atoms with Crippen molar-refractivity contribution in [2.75, 3.05) is 31.1 Å². The van der Waals surface area contributed by atoms with Gasteiger partial charge in [0.05, 0.1) is 0 Å². The van der Waals surface area contributed by atoms with Gasteiger partial charge in [-0.15, -0.1) is 10.2 Å². The van der Waals surface area contributed by atoms with Crippen molar-refractivity contribution in [1.82, 2.24) is 15.5 Å². The quantitative estimate of drug-likeness (QED) is 0.849. The summed E-state index contributed by atoms with van der Waals surface area (Å²) < 4.78 is 37.3. The van der Waals surface area contributed by atoms with E-state index in [1.165, 1.54) is 6.07 Å². The number of hydrogen-bond donors (Lipinski definition) is 1. The van der Waals surface area contributed by atoms with Crippen molar-refractivity contribution in [1.29, 1.82) is 0 Å². The molecule has 0 aliphatic carbocycles. The topological polar surface area (TPSA) is 41.0 Å². The first-order valence-electron chi connectivity index (χ1n) is 7.37. The first kappa shape index (κ1) is 16.0.